The number of hydrogen-bond donors (Lipinski definition) is 1. The van der Waals surface area contributed by atoms with Crippen molar-refractivity contribution < 1.29 is 27.4 Å². The molecule has 2 aromatic rings. The molecular weight excluding hydrogens is 408 g/mol. The summed E-state index contributed by atoms with van der Waals surface area (Å²) in [6, 6.07) is 11.8. The molecule has 0 atom stereocenters. The Morgan fingerprint density at radius 2 is 1.80 bits per heavy atom. The number of hydrogen-bond acceptors (Lipinski definition) is 6. The van der Waals surface area contributed by atoms with Gasteiger partial charge in [-0.05, 0) is 42.8 Å². The van der Waals surface area contributed by atoms with E-state index in [1.165, 1.54) is 31.3 Å². The molecule has 0 aliphatic rings. The third-order valence-electron chi connectivity index (χ3n) is 4.30. The molecule has 0 heterocycles. The minimum Gasteiger partial charge on any atom is -0.495 e. The fourth-order valence-corrected chi connectivity index (χ4v) is 4.01. The minimum absolute atomic E-state index is 0.0959. The Morgan fingerprint density at radius 1 is 1.10 bits per heavy atom. The maximum atomic E-state index is 12.9. The van der Waals surface area contributed by atoms with E-state index < -0.39 is 10.0 Å². The Morgan fingerprint density at radius 3 is 2.40 bits per heavy atom. The number of nitrogens with one attached hydrogen (secondary N) is 1. The highest BCUT2D eigenvalue weighted by atomic mass is 32.2. The molecule has 0 fully saturated rings. The summed E-state index contributed by atoms with van der Waals surface area (Å²) in [6.07, 6.45) is 0. The van der Waals surface area contributed by atoms with Gasteiger partial charge in [0.1, 0.15) is 16.4 Å². The Kier molecular flexibility index (Phi) is 8.64. The lowest BCUT2D eigenvalue weighted by molar-refractivity contribution is 0.0785. The summed E-state index contributed by atoms with van der Waals surface area (Å²) in [5.74, 6) is 0.617. The molecule has 0 radical (unpaired) electrons. The second kappa shape index (κ2) is 11.0. The van der Waals surface area contributed by atoms with Crippen molar-refractivity contribution in [2.24, 2.45) is 0 Å². The Hall–Kier alpha value is -2.62. The number of benzene rings is 2. The number of methoxy groups -OCH3 is 2. The maximum Gasteiger partial charge on any atom is 0.253 e. The van der Waals surface area contributed by atoms with Gasteiger partial charge in [0.15, 0.2) is 0 Å². The van der Waals surface area contributed by atoms with Crippen LogP contribution in [0.15, 0.2) is 47.4 Å². The van der Waals surface area contributed by atoms with Crippen LogP contribution in [0.3, 0.4) is 0 Å². The first-order valence-electron chi connectivity index (χ1n) is 9.46. The Labute approximate surface area is 177 Å². The number of nitrogens with zero attached hydrogens (tertiary/aromatic N) is 1. The van der Waals surface area contributed by atoms with E-state index in [-0.39, 0.29) is 35.3 Å². The molecule has 0 bridgehead atoms. The van der Waals surface area contributed by atoms with E-state index in [0.717, 1.165) is 11.3 Å². The number of amides is 1. The summed E-state index contributed by atoms with van der Waals surface area (Å²) >= 11 is 0. The van der Waals surface area contributed by atoms with Crippen molar-refractivity contribution in [3.05, 3.63) is 53.6 Å². The smallest absolute Gasteiger partial charge is 0.253 e. The highest BCUT2D eigenvalue weighted by Crippen LogP contribution is 2.25. The highest BCUT2D eigenvalue weighted by molar-refractivity contribution is 7.89. The number of carbonyl (C=O) groups excluding carboxylic acids is 1. The van der Waals surface area contributed by atoms with Crippen molar-refractivity contribution in [2.75, 3.05) is 41.0 Å². The Balaban J connectivity index is 2.20. The first-order valence-corrected chi connectivity index (χ1v) is 10.9. The first kappa shape index (κ1) is 23.7. The summed E-state index contributed by atoms with van der Waals surface area (Å²) < 4.78 is 43.1. The molecule has 1 amide bonds. The second-order valence-electron chi connectivity index (χ2n) is 6.49. The van der Waals surface area contributed by atoms with E-state index in [4.69, 9.17) is 14.2 Å². The molecule has 0 saturated carbocycles. The number of sulfonamides is 1. The van der Waals surface area contributed by atoms with Crippen molar-refractivity contribution in [2.45, 2.75) is 18.4 Å². The van der Waals surface area contributed by atoms with Gasteiger partial charge in [0.2, 0.25) is 10.0 Å². The van der Waals surface area contributed by atoms with E-state index in [1.54, 1.807) is 13.1 Å². The van der Waals surface area contributed by atoms with Crippen LogP contribution in [0.5, 0.6) is 11.5 Å². The molecule has 2 aromatic carbocycles. The highest BCUT2D eigenvalue weighted by Gasteiger charge is 2.22. The zero-order valence-electron chi connectivity index (χ0n) is 17.7. The number of ether oxygens (including phenoxy) is 3. The quantitative estimate of drug-likeness (QED) is 0.543. The van der Waals surface area contributed by atoms with Gasteiger partial charge in [-0.25, -0.2) is 13.1 Å². The summed E-state index contributed by atoms with van der Waals surface area (Å²) in [4.78, 5) is 14.3. The van der Waals surface area contributed by atoms with Gasteiger partial charge in [0.25, 0.3) is 5.91 Å². The molecule has 2 rings (SSSR count). The molecule has 164 valence electrons. The third-order valence-corrected chi connectivity index (χ3v) is 5.78. The van der Waals surface area contributed by atoms with Crippen LogP contribution in [-0.4, -0.2) is 60.3 Å². The molecule has 1 N–H and O–H groups in total. The molecule has 0 spiro atoms. The Bertz CT molecular complexity index is 944. The molecule has 30 heavy (non-hydrogen) atoms. The van der Waals surface area contributed by atoms with Gasteiger partial charge in [0.05, 0.1) is 20.3 Å². The lowest BCUT2D eigenvalue weighted by Crippen LogP contribution is -2.29. The molecule has 0 aliphatic heterocycles. The number of rotatable bonds is 11. The molecule has 0 aliphatic carbocycles. The summed E-state index contributed by atoms with van der Waals surface area (Å²) in [6.45, 7) is 3.20. The zero-order valence-corrected chi connectivity index (χ0v) is 18.5. The van der Waals surface area contributed by atoms with Gasteiger partial charge >= 0.3 is 0 Å². The lowest BCUT2D eigenvalue weighted by Gasteiger charge is -2.19. The monoisotopic (exact) mass is 436 g/mol. The zero-order chi connectivity index (χ0) is 22.1. The van der Waals surface area contributed by atoms with E-state index >= 15 is 0 Å². The molecule has 8 nitrogen and oxygen atoms in total. The molecule has 0 saturated heterocycles. The average molecular weight is 437 g/mol. The topological polar surface area (TPSA) is 94.2 Å². The fraction of sp³-hybridized carbons (Fsp3) is 0.381. The SMILES string of the molecule is CCOc1ccc(CN(C)C(=O)c2ccc(OC)c(S(=O)(=O)NCCOC)c2)cc1. The van der Waals surface area contributed by atoms with Crippen molar-refractivity contribution >= 4 is 15.9 Å². The predicted molar refractivity (Wildman–Crippen MR) is 113 cm³/mol. The third kappa shape index (κ3) is 6.19. The van der Waals surface area contributed by atoms with E-state index in [2.05, 4.69) is 4.72 Å². The van der Waals surface area contributed by atoms with Crippen molar-refractivity contribution in [3.8, 4) is 11.5 Å². The van der Waals surface area contributed by atoms with Crippen LogP contribution in [0.4, 0.5) is 0 Å². The second-order valence-corrected chi connectivity index (χ2v) is 8.23. The molecular formula is C21H28N2O6S. The van der Waals surface area contributed by atoms with Crippen LogP contribution in [0.25, 0.3) is 0 Å². The van der Waals surface area contributed by atoms with E-state index in [9.17, 15) is 13.2 Å². The van der Waals surface area contributed by atoms with Crippen molar-refractivity contribution in [3.63, 3.8) is 0 Å². The van der Waals surface area contributed by atoms with Crippen LogP contribution in [-0.2, 0) is 21.3 Å². The standard InChI is InChI=1S/C21H28N2O6S/c1-5-29-18-9-6-16(7-10-18)15-23(2)21(24)17-8-11-19(28-4)20(14-17)30(25,26)22-12-13-27-3/h6-11,14,22H,5,12-13,15H2,1-4H3. The summed E-state index contributed by atoms with van der Waals surface area (Å²) in [5.41, 5.74) is 1.17. The normalized spacial score (nSPS) is 11.2. The molecule has 0 aromatic heterocycles. The fourth-order valence-electron chi connectivity index (χ4n) is 2.80. The molecule has 9 heteroatoms. The number of carbonyl (C=O) groups is 1. The summed E-state index contributed by atoms with van der Waals surface area (Å²) in [5, 5.41) is 0. The van der Waals surface area contributed by atoms with Crippen LogP contribution in [0.2, 0.25) is 0 Å². The van der Waals surface area contributed by atoms with Gasteiger partial charge in [0, 0.05) is 32.8 Å². The summed E-state index contributed by atoms with van der Waals surface area (Å²) in [7, 11) is 0.654. The first-order chi connectivity index (χ1) is 14.3. The lowest BCUT2D eigenvalue weighted by atomic mass is 10.1. The van der Waals surface area contributed by atoms with Crippen LogP contribution in [0, 0.1) is 0 Å². The van der Waals surface area contributed by atoms with E-state index in [0.29, 0.717) is 13.2 Å². The van der Waals surface area contributed by atoms with Gasteiger partial charge in [-0.3, -0.25) is 4.79 Å². The predicted octanol–water partition coefficient (Wildman–Crippen LogP) is 2.29. The van der Waals surface area contributed by atoms with Gasteiger partial charge in [-0.15, -0.1) is 0 Å². The average Bonchev–Trinajstić information content (AvgIpc) is 2.74. The van der Waals surface area contributed by atoms with E-state index in [1.807, 2.05) is 31.2 Å². The molecule has 0 unspecified atom stereocenters. The van der Waals surface area contributed by atoms with Gasteiger partial charge in [-0.1, -0.05) is 12.1 Å². The van der Waals surface area contributed by atoms with Crippen molar-refractivity contribution in [1.82, 2.24) is 9.62 Å². The van der Waals surface area contributed by atoms with Gasteiger partial charge in [-0.2, -0.15) is 0 Å². The van der Waals surface area contributed by atoms with Crippen LogP contribution < -0.4 is 14.2 Å². The van der Waals surface area contributed by atoms with Crippen molar-refractivity contribution in [1.29, 1.82) is 0 Å². The largest absolute Gasteiger partial charge is 0.495 e. The minimum atomic E-state index is -3.87. The van der Waals surface area contributed by atoms with Gasteiger partial charge < -0.3 is 19.1 Å². The van der Waals surface area contributed by atoms with Crippen LogP contribution >= 0.6 is 0 Å². The maximum absolute atomic E-state index is 12.9. The van der Waals surface area contributed by atoms with Crippen LogP contribution in [0.1, 0.15) is 22.8 Å².